The predicted octanol–water partition coefficient (Wildman–Crippen LogP) is 3.44. The van der Waals surface area contributed by atoms with E-state index in [4.69, 9.17) is 4.74 Å². The van der Waals surface area contributed by atoms with Crippen molar-refractivity contribution in [2.75, 3.05) is 7.11 Å². The van der Waals surface area contributed by atoms with Crippen LogP contribution in [-0.4, -0.2) is 22.8 Å². The maximum atomic E-state index is 11.0. The molecule has 1 aromatic heterocycles. The first-order valence-electron chi connectivity index (χ1n) is 7.59. The van der Waals surface area contributed by atoms with Gasteiger partial charge in [0.2, 0.25) is 0 Å². The van der Waals surface area contributed by atoms with Gasteiger partial charge in [0.1, 0.15) is 5.75 Å². The molecule has 1 aliphatic rings. The van der Waals surface area contributed by atoms with Crippen LogP contribution in [0.2, 0.25) is 0 Å². The number of hydrogen-bond acceptors (Lipinski definition) is 3. The number of aliphatic hydroxyl groups is 1. The fourth-order valence-corrected chi connectivity index (χ4v) is 3.49. The van der Waals surface area contributed by atoms with E-state index in [1.54, 1.807) is 7.11 Å². The molecule has 0 bridgehead atoms. The van der Waals surface area contributed by atoms with Crippen molar-refractivity contribution in [3.63, 3.8) is 0 Å². The van der Waals surface area contributed by atoms with Gasteiger partial charge < -0.3 is 9.84 Å². The number of methoxy groups -OCH3 is 1. The molecule has 1 aromatic rings. The van der Waals surface area contributed by atoms with Gasteiger partial charge >= 0.3 is 0 Å². The van der Waals surface area contributed by atoms with Gasteiger partial charge in [-0.05, 0) is 44.9 Å². The lowest BCUT2D eigenvalue weighted by atomic mass is 9.70. The largest absolute Gasteiger partial charge is 0.496 e. The summed E-state index contributed by atoms with van der Waals surface area (Å²) in [5.74, 6) is 1.93. The number of ether oxygens (including phenoxy) is 1. The van der Waals surface area contributed by atoms with Gasteiger partial charge in [-0.2, -0.15) is 0 Å². The molecule has 1 saturated carbocycles. The Morgan fingerprint density at radius 1 is 1.40 bits per heavy atom. The van der Waals surface area contributed by atoms with E-state index < -0.39 is 5.60 Å². The molecule has 0 aromatic carbocycles. The Morgan fingerprint density at radius 3 is 2.70 bits per heavy atom. The van der Waals surface area contributed by atoms with Gasteiger partial charge in [-0.15, -0.1) is 0 Å². The Balaban J connectivity index is 2.26. The number of nitrogens with zero attached hydrogens (tertiary/aromatic N) is 1. The Morgan fingerprint density at radius 2 is 2.10 bits per heavy atom. The van der Waals surface area contributed by atoms with E-state index in [-0.39, 0.29) is 0 Å². The lowest BCUT2D eigenvalue weighted by molar-refractivity contribution is -0.0530. The van der Waals surface area contributed by atoms with Crippen molar-refractivity contribution in [1.82, 2.24) is 4.98 Å². The molecule has 3 atom stereocenters. The molecule has 0 spiro atoms. The number of hydrogen-bond donors (Lipinski definition) is 1. The van der Waals surface area contributed by atoms with E-state index in [0.717, 1.165) is 41.8 Å². The van der Waals surface area contributed by atoms with Crippen LogP contribution in [0.3, 0.4) is 0 Å². The highest BCUT2D eigenvalue weighted by Crippen LogP contribution is 2.39. The van der Waals surface area contributed by atoms with Crippen molar-refractivity contribution in [2.24, 2.45) is 11.8 Å². The summed E-state index contributed by atoms with van der Waals surface area (Å²) in [4.78, 5) is 4.54. The quantitative estimate of drug-likeness (QED) is 0.920. The average molecular weight is 277 g/mol. The molecule has 1 N–H and O–H groups in total. The summed E-state index contributed by atoms with van der Waals surface area (Å²) in [6, 6.07) is 0. The van der Waals surface area contributed by atoms with Crippen LogP contribution in [0.1, 0.15) is 49.9 Å². The highest BCUT2D eigenvalue weighted by molar-refractivity contribution is 5.41. The van der Waals surface area contributed by atoms with Crippen molar-refractivity contribution < 1.29 is 9.84 Å². The molecular weight excluding hydrogens is 250 g/mol. The minimum absolute atomic E-state index is 0.319. The van der Waals surface area contributed by atoms with Crippen LogP contribution in [-0.2, 0) is 6.42 Å². The summed E-state index contributed by atoms with van der Waals surface area (Å²) in [7, 11) is 1.69. The van der Waals surface area contributed by atoms with Gasteiger partial charge in [-0.1, -0.05) is 13.8 Å². The maximum absolute atomic E-state index is 11.0. The molecule has 3 nitrogen and oxygen atoms in total. The highest BCUT2D eigenvalue weighted by Gasteiger charge is 2.39. The third-order valence-corrected chi connectivity index (χ3v) is 4.97. The van der Waals surface area contributed by atoms with Crippen molar-refractivity contribution in [2.45, 2.75) is 59.0 Å². The molecule has 0 radical (unpaired) electrons. The molecular formula is C17H27NO2. The van der Waals surface area contributed by atoms with Crippen LogP contribution in [0.4, 0.5) is 0 Å². The fourth-order valence-electron chi connectivity index (χ4n) is 3.49. The van der Waals surface area contributed by atoms with Gasteiger partial charge in [0, 0.05) is 29.4 Å². The fraction of sp³-hybridized carbons (Fsp3) is 0.706. The van der Waals surface area contributed by atoms with Crippen LogP contribution in [0.5, 0.6) is 5.75 Å². The van der Waals surface area contributed by atoms with E-state index >= 15 is 0 Å². The predicted molar refractivity (Wildman–Crippen MR) is 81.1 cm³/mol. The van der Waals surface area contributed by atoms with Gasteiger partial charge in [0.05, 0.1) is 12.7 Å². The Bertz CT molecular complexity index is 486. The smallest absolute Gasteiger partial charge is 0.128 e. The Labute approximate surface area is 122 Å². The molecule has 3 unspecified atom stereocenters. The second-order valence-corrected chi connectivity index (χ2v) is 6.61. The van der Waals surface area contributed by atoms with Gasteiger partial charge in [0.25, 0.3) is 0 Å². The van der Waals surface area contributed by atoms with Crippen molar-refractivity contribution in [3.8, 4) is 5.75 Å². The minimum atomic E-state index is -0.620. The first-order chi connectivity index (χ1) is 9.37. The third kappa shape index (κ3) is 2.83. The molecule has 20 heavy (non-hydrogen) atoms. The van der Waals surface area contributed by atoms with Crippen molar-refractivity contribution >= 4 is 0 Å². The Kier molecular flexibility index (Phi) is 4.38. The van der Waals surface area contributed by atoms with Crippen LogP contribution >= 0.6 is 0 Å². The maximum Gasteiger partial charge on any atom is 0.128 e. The van der Waals surface area contributed by atoms with Crippen molar-refractivity contribution in [3.05, 3.63) is 23.0 Å². The molecule has 1 heterocycles. The zero-order chi connectivity index (χ0) is 14.9. The Hall–Kier alpha value is -1.09. The molecule has 1 fully saturated rings. The second-order valence-electron chi connectivity index (χ2n) is 6.61. The number of rotatable bonds is 3. The zero-order valence-corrected chi connectivity index (χ0v) is 13.4. The summed E-state index contributed by atoms with van der Waals surface area (Å²) in [6.07, 6.45) is 5.54. The van der Waals surface area contributed by atoms with E-state index in [9.17, 15) is 5.11 Å². The van der Waals surface area contributed by atoms with E-state index in [1.165, 1.54) is 0 Å². The SMILES string of the molecule is COc1c(C)cnc(CC2(O)CCC(C)CC2C)c1C. The van der Waals surface area contributed by atoms with E-state index in [1.807, 2.05) is 20.0 Å². The molecule has 2 rings (SSSR count). The number of pyridine rings is 1. The van der Waals surface area contributed by atoms with Crippen LogP contribution in [0.15, 0.2) is 6.20 Å². The molecule has 0 saturated heterocycles. The molecule has 1 aliphatic carbocycles. The molecule has 0 aliphatic heterocycles. The zero-order valence-electron chi connectivity index (χ0n) is 13.4. The average Bonchev–Trinajstić information content (AvgIpc) is 2.39. The third-order valence-electron chi connectivity index (χ3n) is 4.97. The summed E-state index contributed by atoms with van der Waals surface area (Å²) in [6.45, 7) is 8.47. The standard InChI is InChI=1S/C17H27NO2/c1-11-6-7-17(19,13(3)8-11)9-15-14(4)16(20-5)12(2)10-18-15/h10-11,13,19H,6-9H2,1-5H3. The summed E-state index contributed by atoms with van der Waals surface area (Å²) >= 11 is 0. The summed E-state index contributed by atoms with van der Waals surface area (Å²) in [5.41, 5.74) is 2.46. The summed E-state index contributed by atoms with van der Waals surface area (Å²) < 4.78 is 5.46. The van der Waals surface area contributed by atoms with Crippen molar-refractivity contribution in [1.29, 1.82) is 0 Å². The minimum Gasteiger partial charge on any atom is -0.496 e. The lowest BCUT2D eigenvalue weighted by Gasteiger charge is -2.41. The normalized spacial score (nSPS) is 30.3. The molecule has 112 valence electrons. The second kappa shape index (κ2) is 5.72. The van der Waals surface area contributed by atoms with E-state index in [0.29, 0.717) is 18.3 Å². The first kappa shape index (κ1) is 15.3. The topological polar surface area (TPSA) is 42.4 Å². The van der Waals surface area contributed by atoms with Crippen LogP contribution in [0.25, 0.3) is 0 Å². The van der Waals surface area contributed by atoms with Gasteiger partial charge in [0.15, 0.2) is 0 Å². The van der Waals surface area contributed by atoms with Gasteiger partial charge in [-0.25, -0.2) is 0 Å². The number of aromatic nitrogens is 1. The monoisotopic (exact) mass is 277 g/mol. The van der Waals surface area contributed by atoms with Crippen LogP contribution < -0.4 is 4.74 Å². The van der Waals surface area contributed by atoms with E-state index in [2.05, 4.69) is 18.8 Å². The van der Waals surface area contributed by atoms with Gasteiger partial charge in [-0.3, -0.25) is 4.98 Å². The highest BCUT2D eigenvalue weighted by atomic mass is 16.5. The lowest BCUT2D eigenvalue weighted by Crippen LogP contribution is -2.43. The summed E-state index contributed by atoms with van der Waals surface area (Å²) in [5, 5.41) is 11.0. The first-order valence-corrected chi connectivity index (χ1v) is 7.59. The molecule has 0 amide bonds. The number of aryl methyl sites for hydroxylation is 1. The molecule has 3 heteroatoms. The van der Waals surface area contributed by atoms with Crippen LogP contribution in [0, 0.1) is 25.7 Å².